The maximum Gasteiger partial charge on any atom is 0.321 e. The van der Waals surface area contributed by atoms with E-state index in [0.717, 1.165) is 51.5 Å². The highest BCUT2D eigenvalue weighted by molar-refractivity contribution is 5.74. The van der Waals surface area contributed by atoms with Crippen molar-refractivity contribution in [3.8, 4) is 0 Å². The molecule has 3 aliphatic heterocycles. The number of aliphatic hydroxyl groups excluding tert-OH is 1. The van der Waals surface area contributed by atoms with Gasteiger partial charge in [-0.2, -0.15) is 0 Å². The van der Waals surface area contributed by atoms with Crippen LogP contribution in [0, 0.1) is 23.2 Å². The van der Waals surface area contributed by atoms with Gasteiger partial charge in [0, 0.05) is 42.5 Å². The molecule has 8 nitrogen and oxygen atoms in total. The molecule has 3 heterocycles. The lowest BCUT2D eigenvalue weighted by atomic mass is 9.42. The molecule has 12 atom stereocenters. The van der Waals surface area contributed by atoms with Crippen molar-refractivity contribution < 1.29 is 24.5 Å². The van der Waals surface area contributed by atoms with Gasteiger partial charge in [-0.1, -0.05) is 12.8 Å². The quantitative estimate of drug-likeness (QED) is 0.427. The highest BCUT2D eigenvalue weighted by Crippen LogP contribution is 2.70. The van der Waals surface area contributed by atoms with E-state index in [9.17, 15) is 15.0 Å². The number of ether oxygens (including phenoxy) is 2. The maximum absolute atomic E-state index is 12.6. The molecule has 6 fully saturated rings. The second-order valence-electron chi connectivity index (χ2n) is 13.4. The third kappa shape index (κ3) is 3.35. The van der Waals surface area contributed by atoms with E-state index >= 15 is 0 Å². The summed E-state index contributed by atoms with van der Waals surface area (Å²) in [6.07, 6.45) is 12.4. The number of likely N-dealkylation sites (tertiary alicyclic amines) is 1. The Morgan fingerprint density at radius 3 is 2.92 bits per heavy atom. The Kier molecular flexibility index (Phi) is 5.98. The minimum Gasteiger partial charge on any atom is -0.480 e. The van der Waals surface area contributed by atoms with E-state index in [1.165, 1.54) is 24.8 Å². The van der Waals surface area contributed by atoms with Crippen molar-refractivity contribution in [2.45, 2.75) is 119 Å². The lowest BCUT2D eigenvalue weighted by Crippen LogP contribution is -2.78. The van der Waals surface area contributed by atoms with Crippen LogP contribution in [0.2, 0.25) is 0 Å². The molecule has 8 heteroatoms. The topological polar surface area (TPSA) is 103 Å². The lowest BCUT2D eigenvalue weighted by molar-refractivity contribution is -0.269. The average molecular weight is 516 g/mol. The molecule has 206 valence electrons. The lowest BCUT2D eigenvalue weighted by Gasteiger charge is -2.69. The van der Waals surface area contributed by atoms with Crippen molar-refractivity contribution in [1.82, 2.24) is 15.5 Å². The first kappa shape index (κ1) is 24.8. The largest absolute Gasteiger partial charge is 0.480 e. The molecule has 7 aliphatic rings. The number of rotatable bonds is 6. The number of methoxy groups -OCH3 is 1. The van der Waals surface area contributed by atoms with Crippen molar-refractivity contribution >= 4 is 5.97 Å². The summed E-state index contributed by atoms with van der Waals surface area (Å²) in [6.45, 7) is 0.998. The zero-order valence-electron chi connectivity index (χ0n) is 22.4. The molecule has 2 saturated heterocycles. The monoisotopic (exact) mass is 515 g/mol. The standard InChI is InChI=1S/C29H45N3O5/c1-32-12-11-28-24-16-7-8-22(33)25(24)37-26(28)20(9-10-29(28,36-2)23(32)14-16)31-21(27(34)35)13-17-15-30-19-6-4-3-5-18(17)19/h15-16,18-26,30-31,33H,3-14H2,1-2H3,(H,34,35)/t16?,18?,19?,20-,21+,22?,23?,24?,25?,26+,28+,29-/m1/s1. The van der Waals surface area contributed by atoms with E-state index in [2.05, 4.69) is 28.8 Å². The number of piperidine rings is 1. The van der Waals surface area contributed by atoms with Crippen molar-refractivity contribution in [3.63, 3.8) is 0 Å². The number of aliphatic carboxylic acids is 1. The van der Waals surface area contributed by atoms with Crippen molar-refractivity contribution in [1.29, 1.82) is 0 Å². The van der Waals surface area contributed by atoms with E-state index in [1.807, 2.05) is 7.11 Å². The predicted molar refractivity (Wildman–Crippen MR) is 138 cm³/mol. The highest BCUT2D eigenvalue weighted by Gasteiger charge is 2.78. The Morgan fingerprint density at radius 2 is 2.11 bits per heavy atom. The molecule has 2 bridgehead atoms. The number of carbonyl (C=O) groups is 1. The number of hydrogen-bond donors (Lipinski definition) is 4. The predicted octanol–water partition coefficient (Wildman–Crippen LogP) is 2.26. The van der Waals surface area contributed by atoms with Gasteiger partial charge in [0.1, 0.15) is 6.04 Å². The van der Waals surface area contributed by atoms with Gasteiger partial charge < -0.3 is 29.9 Å². The molecular weight excluding hydrogens is 470 g/mol. The van der Waals surface area contributed by atoms with E-state index in [4.69, 9.17) is 9.47 Å². The molecule has 0 aromatic heterocycles. The van der Waals surface area contributed by atoms with Gasteiger partial charge in [0.05, 0.1) is 23.9 Å². The normalized spacial score (nSPS) is 51.0. The highest BCUT2D eigenvalue weighted by atomic mass is 16.5. The molecule has 37 heavy (non-hydrogen) atoms. The Bertz CT molecular complexity index is 960. The molecular formula is C29H45N3O5. The average Bonchev–Trinajstić information content (AvgIpc) is 3.47. The molecule has 4 N–H and O–H groups in total. The van der Waals surface area contributed by atoms with E-state index in [0.29, 0.717) is 30.3 Å². The van der Waals surface area contributed by atoms with Crippen LogP contribution in [-0.4, -0.2) is 89.9 Å². The number of fused-ring (bicyclic) bond motifs is 1. The summed E-state index contributed by atoms with van der Waals surface area (Å²) in [5.41, 5.74) is 0.774. The van der Waals surface area contributed by atoms with Gasteiger partial charge in [-0.15, -0.1) is 0 Å². The van der Waals surface area contributed by atoms with Crippen LogP contribution >= 0.6 is 0 Å². The molecule has 7 unspecified atom stereocenters. The number of likely N-dealkylation sites (N-methyl/N-ethyl adjacent to an activating group) is 1. The second-order valence-corrected chi connectivity index (χ2v) is 13.4. The van der Waals surface area contributed by atoms with Gasteiger partial charge in [0.25, 0.3) is 0 Å². The van der Waals surface area contributed by atoms with Crippen LogP contribution in [0.1, 0.15) is 70.6 Å². The zero-order valence-corrected chi connectivity index (χ0v) is 22.4. The number of carboxylic acid groups (broad SMARTS) is 1. The summed E-state index contributed by atoms with van der Waals surface area (Å²) in [7, 11) is 4.12. The van der Waals surface area contributed by atoms with Crippen LogP contribution in [0.4, 0.5) is 0 Å². The fourth-order valence-electron chi connectivity index (χ4n) is 10.7. The first-order chi connectivity index (χ1) is 17.9. The SMILES string of the molecule is CO[C@]12CC[C@@H](N[C@@H](CC3=CNC4CCCCC34)C(=O)O)[C@@H]3OC4C(O)CCC5CC1N(C)CC[C@]32C54. The maximum atomic E-state index is 12.6. The van der Waals surface area contributed by atoms with Crippen LogP contribution in [0.15, 0.2) is 11.8 Å². The Labute approximate surface area is 220 Å². The van der Waals surface area contributed by atoms with Gasteiger partial charge in [0.15, 0.2) is 0 Å². The molecule has 7 rings (SSSR count). The number of hydrogen-bond acceptors (Lipinski definition) is 7. The van der Waals surface area contributed by atoms with Crippen LogP contribution in [0.3, 0.4) is 0 Å². The molecule has 0 amide bonds. The van der Waals surface area contributed by atoms with Crippen LogP contribution < -0.4 is 10.6 Å². The third-order valence-corrected chi connectivity index (χ3v) is 12.2. The minimum atomic E-state index is -0.778. The molecule has 0 aromatic rings. The van der Waals surface area contributed by atoms with E-state index in [-0.39, 0.29) is 35.2 Å². The van der Waals surface area contributed by atoms with Crippen molar-refractivity contribution in [3.05, 3.63) is 11.8 Å². The first-order valence-corrected chi connectivity index (χ1v) is 14.9. The molecule has 1 spiro atoms. The second kappa shape index (κ2) is 8.91. The number of nitrogens with zero attached hydrogens (tertiary/aromatic N) is 1. The fraction of sp³-hybridized carbons (Fsp3) is 0.897. The zero-order chi connectivity index (χ0) is 25.5. The molecule has 0 radical (unpaired) electrons. The molecule has 4 saturated carbocycles. The summed E-state index contributed by atoms with van der Waals surface area (Å²) in [5.74, 6) is 0.502. The van der Waals surface area contributed by atoms with Crippen LogP contribution in [0.5, 0.6) is 0 Å². The number of aliphatic hydroxyl groups is 1. The van der Waals surface area contributed by atoms with E-state index < -0.39 is 18.1 Å². The Morgan fingerprint density at radius 1 is 1.27 bits per heavy atom. The summed E-state index contributed by atoms with van der Waals surface area (Å²) in [6, 6.07) is 0.138. The number of carboxylic acids is 1. The molecule has 4 aliphatic carbocycles. The Balaban J connectivity index is 1.20. The van der Waals surface area contributed by atoms with Crippen LogP contribution in [0.25, 0.3) is 0 Å². The van der Waals surface area contributed by atoms with Crippen molar-refractivity contribution in [2.24, 2.45) is 23.2 Å². The summed E-state index contributed by atoms with van der Waals surface area (Å²) >= 11 is 0. The number of nitrogens with one attached hydrogen (secondary N) is 2. The summed E-state index contributed by atoms with van der Waals surface area (Å²) in [5, 5.41) is 28.6. The summed E-state index contributed by atoms with van der Waals surface area (Å²) in [4.78, 5) is 15.1. The van der Waals surface area contributed by atoms with Gasteiger partial charge in [-0.05, 0) is 89.1 Å². The Hall–Kier alpha value is -1.19. The smallest absolute Gasteiger partial charge is 0.321 e. The third-order valence-electron chi connectivity index (χ3n) is 12.2. The molecule has 0 aromatic carbocycles. The fourth-order valence-corrected chi connectivity index (χ4v) is 10.7. The van der Waals surface area contributed by atoms with Crippen LogP contribution in [-0.2, 0) is 14.3 Å². The van der Waals surface area contributed by atoms with Gasteiger partial charge in [-0.25, -0.2) is 0 Å². The minimum absolute atomic E-state index is 0.0536. The van der Waals surface area contributed by atoms with Gasteiger partial charge in [-0.3, -0.25) is 10.1 Å². The van der Waals surface area contributed by atoms with Crippen molar-refractivity contribution in [2.75, 3.05) is 20.7 Å². The summed E-state index contributed by atoms with van der Waals surface area (Å²) < 4.78 is 13.5. The van der Waals surface area contributed by atoms with Gasteiger partial charge >= 0.3 is 5.97 Å². The van der Waals surface area contributed by atoms with Gasteiger partial charge in [0.2, 0.25) is 0 Å². The first-order valence-electron chi connectivity index (χ1n) is 14.9. The van der Waals surface area contributed by atoms with E-state index in [1.54, 1.807) is 0 Å².